The van der Waals surface area contributed by atoms with E-state index in [2.05, 4.69) is 37.4 Å². The Labute approximate surface area is 279 Å². The van der Waals surface area contributed by atoms with E-state index < -0.39 is 11.1 Å². The van der Waals surface area contributed by atoms with Crippen molar-refractivity contribution in [3.05, 3.63) is 47.5 Å². The monoisotopic (exact) mass is 631 g/mol. The van der Waals surface area contributed by atoms with Crippen LogP contribution in [0.5, 0.6) is 0 Å². The van der Waals surface area contributed by atoms with E-state index in [1.807, 2.05) is 37.0 Å². The van der Waals surface area contributed by atoms with Gasteiger partial charge in [0.05, 0.1) is 11.5 Å². The van der Waals surface area contributed by atoms with Crippen molar-refractivity contribution in [2.45, 2.75) is 166 Å². The molecule has 0 spiro atoms. The van der Waals surface area contributed by atoms with E-state index in [0.29, 0.717) is 31.2 Å². The number of carbonyl (C=O) groups excluding carboxylic acids is 3. The minimum atomic E-state index is -1.22. The van der Waals surface area contributed by atoms with Crippen LogP contribution in [-0.2, 0) is 16.0 Å². The van der Waals surface area contributed by atoms with Crippen molar-refractivity contribution in [1.82, 2.24) is 10.2 Å². The number of fused-ring (bicyclic) bond motifs is 1. The fourth-order valence-corrected chi connectivity index (χ4v) is 8.59. The normalized spacial score (nSPS) is 26.8. The summed E-state index contributed by atoms with van der Waals surface area (Å²) in [5.41, 5.74) is -0.118. The Hall–Kier alpha value is -2.60. The number of carbonyl (C=O) groups is 3. The standard InChI is InChI=1S/C40H61N3O3/c1-5-9-19-30-24-26-31(27-25-30)36(44)39(7-3,28-10-6-2)42-34-22-17-13-11-15-20-32(34)37(45)40(8-4,29-41)43-35-23-18-14-12-16-21-33(35)38(43)46/h6,10,24-27,29,32-35,41-42H,5,7-9,11-23,28H2,1-4H3/b10-6-,41-29?/t32?,33-,34+,35+,39?,40?/m1/s1. The third-order valence-corrected chi connectivity index (χ3v) is 11.6. The minimum Gasteiger partial charge on any atom is -0.321 e. The number of likely N-dealkylation sites (tertiary alicyclic amines) is 1. The van der Waals surface area contributed by atoms with Crippen molar-refractivity contribution >= 4 is 23.7 Å². The van der Waals surface area contributed by atoms with Gasteiger partial charge in [0.25, 0.3) is 0 Å². The lowest BCUT2D eigenvalue weighted by Crippen LogP contribution is -2.74. The average Bonchev–Trinajstić information content (AvgIpc) is 3.06. The van der Waals surface area contributed by atoms with Gasteiger partial charge < -0.3 is 15.6 Å². The van der Waals surface area contributed by atoms with E-state index in [0.717, 1.165) is 77.0 Å². The van der Waals surface area contributed by atoms with Crippen LogP contribution in [0.3, 0.4) is 0 Å². The molecule has 254 valence electrons. The number of hydrogen-bond donors (Lipinski definition) is 2. The SMILES string of the molecule is C/C=C\CC(CC)(N[C@H]1CCCCCCC1C(=O)C(C=N)(CC)N1C(=O)[C@@H]2CCCCCC[C@@H]21)C(=O)c1ccc(CCCC)cc1. The third-order valence-electron chi connectivity index (χ3n) is 11.6. The van der Waals surface area contributed by atoms with Gasteiger partial charge in [0.15, 0.2) is 11.6 Å². The number of amides is 1. The van der Waals surface area contributed by atoms with Crippen LogP contribution in [0.4, 0.5) is 0 Å². The molecule has 2 aliphatic carbocycles. The fraction of sp³-hybridized carbons (Fsp3) is 0.700. The van der Waals surface area contributed by atoms with Gasteiger partial charge in [0, 0.05) is 29.8 Å². The maximum Gasteiger partial charge on any atom is 0.229 e. The molecule has 1 heterocycles. The summed E-state index contributed by atoms with van der Waals surface area (Å²) in [6.45, 7) is 8.22. The van der Waals surface area contributed by atoms with Crippen LogP contribution >= 0.6 is 0 Å². The Balaban J connectivity index is 1.68. The first kappa shape index (κ1) is 36.2. The maximum atomic E-state index is 15.0. The van der Waals surface area contributed by atoms with Crippen LogP contribution in [0, 0.1) is 17.2 Å². The van der Waals surface area contributed by atoms with Crippen LogP contribution in [0.2, 0.25) is 0 Å². The molecular weight excluding hydrogens is 570 g/mol. The molecule has 1 amide bonds. The lowest BCUT2D eigenvalue weighted by molar-refractivity contribution is -0.171. The molecule has 2 N–H and O–H groups in total. The van der Waals surface area contributed by atoms with Gasteiger partial charge in [-0.25, -0.2) is 0 Å². The molecule has 0 radical (unpaired) electrons. The largest absolute Gasteiger partial charge is 0.321 e. The number of hydrogen-bond acceptors (Lipinski definition) is 5. The van der Waals surface area contributed by atoms with Crippen molar-refractivity contribution in [2.75, 3.05) is 0 Å². The molecule has 6 heteroatoms. The number of nitrogens with zero attached hydrogens (tertiary/aromatic N) is 1. The molecule has 1 aromatic rings. The van der Waals surface area contributed by atoms with Crippen molar-refractivity contribution < 1.29 is 14.4 Å². The van der Waals surface area contributed by atoms with Crippen LogP contribution < -0.4 is 5.32 Å². The third kappa shape index (κ3) is 7.58. The van der Waals surface area contributed by atoms with Gasteiger partial charge in [-0.05, 0) is 70.3 Å². The second-order valence-electron chi connectivity index (χ2n) is 14.3. The molecule has 3 unspecified atom stereocenters. The Morgan fingerprint density at radius 3 is 2.17 bits per heavy atom. The minimum absolute atomic E-state index is 0.00187. The molecule has 1 aromatic carbocycles. The van der Waals surface area contributed by atoms with Crippen LogP contribution in [0.25, 0.3) is 0 Å². The number of unbranched alkanes of at least 4 members (excludes halogenated alkanes) is 1. The summed E-state index contributed by atoms with van der Waals surface area (Å²) in [6, 6.07) is 7.98. The number of rotatable bonds is 15. The van der Waals surface area contributed by atoms with Crippen molar-refractivity contribution in [3.63, 3.8) is 0 Å². The average molecular weight is 632 g/mol. The first-order valence-electron chi connectivity index (χ1n) is 18.7. The van der Waals surface area contributed by atoms with E-state index in [-0.39, 0.29) is 41.4 Å². The van der Waals surface area contributed by atoms with Crippen LogP contribution in [-0.4, -0.2) is 51.7 Å². The molecule has 0 aromatic heterocycles. The zero-order chi connectivity index (χ0) is 33.2. The van der Waals surface area contributed by atoms with Crippen molar-refractivity contribution in [1.29, 1.82) is 5.41 Å². The van der Waals surface area contributed by atoms with Gasteiger partial charge >= 0.3 is 0 Å². The number of aryl methyl sites for hydroxylation is 1. The zero-order valence-corrected chi connectivity index (χ0v) is 29.3. The summed E-state index contributed by atoms with van der Waals surface area (Å²) < 4.78 is 0. The van der Waals surface area contributed by atoms with E-state index in [4.69, 9.17) is 5.41 Å². The maximum absolute atomic E-state index is 15.0. The number of nitrogens with one attached hydrogen (secondary N) is 2. The van der Waals surface area contributed by atoms with E-state index >= 15 is 4.79 Å². The van der Waals surface area contributed by atoms with Crippen LogP contribution in [0.15, 0.2) is 36.4 Å². The first-order valence-corrected chi connectivity index (χ1v) is 18.7. The molecule has 1 aliphatic heterocycles. The fourth-order valence-electron chi connectivity index (χ4n) is 8.59. The summed E-state index contributed by atoms with van der Waals surface area (Å²) in [4.78, 5) is 45.1. The molecule has 0 bridgehead atoms. The summed E-state index contributed by atoms with van der Waals surface area (Å²) in [7, 11) is 0. The van der Waals surface area contributed by atoms with Crippen molar-refractivity contribution in [2.24, 2.45) is 11.8 Å². The summed E-state index contributed by atoms with van der Waals surface area (Å²) in [5, 5.41) is 12.6. The zero-order valence-electron chi connectivity index (χ0n) is 29.3. The van der Waals surface area contributed by atoms with Gasteiger partial charge in [0.2, 0.25) is 5.91 Å². The lowest BCUT2D eigenvalue weighted by Gasteiger charge is -2.57. The van der Waals surface area contributed by atoms with Gasteiger partial charge in [-0.15, -0.1) is 0 Å². The molecule has 3 fully saturated rings. The molecule has 1 saturated heterocycles. The van der Waals surface area contributed by atoms with Gasteiger partial charge in [-0.2, -0.15) is 0 Å². The number of ketones is 2. The van der Waals surface area contributed by atoms with E-state index in [1.165, 1.54) is 24.6 Å². The van der Waals surface area contributed by atoms with Gasteiger partial charge in [-0.3, -0.25) is 14.4 Å². The number of benzene rings is 1. The Morgan fingerprint density at radius 2 is 1.57 bits per heavy atom. The quantitative estimate of drug-likeness (QED) is 0.0876. The summed E-state index contributed by atoms with van der Waals surface area (Å²) >= 11 is 0. The number of β-lactam (4-membered cyclic amide) rings is 1. The molecule has 4 rings (SSSR count). The van der Waals surface area contributed by atoms with Gasteiger partial charge in [-0.1, -0.05) is 115 Å². The Morgan fingerprint density at radius 1 is 0.913 bits per heavy atom. The van der Waals surface area contributed by atoms with Gasteiger partial charge in [0.1, 0.15) is 5.54 Å². The molecule has 6 atom stereocenters. The molecule has 2 saturated carbocycles. The topological polar surface area (TPSA) is 90.3 Å². The second kappa shape index (κ2) is 17.0. The van der Waals surface area contributed by atoms with Crippen LogP contribution in [0.1, 0.15) is 153 Å². The predicted molar refractivity (Wildman–Crippen MR) is 189 cm³/mol. The lowest BCUT2D eigenvalue weighted by atomic mass is 9.69. The Kier molecular flexibility index (Phi) is 13.4. The van der Waals surface area contributed by atoms with Crippen molar-refractivity contribution in [3.8, 4) is 0 Å². The molecule has 3 aliphatic rings. The number of allylic oxidation sites excluding steroid dienone is 1. The van der Waals surface area contributed by atoms with E-state index in [1.54, 1.807) is 0 Å². The molecule has 6 nitrogen and oxygen atoms in total. The number of Topliss-reactive ketones (excluding diaryl/α,β-unsaturated/α-hetero) is 2. The van der Waals surface area contributed by atoms with E-state index in [9.17, 15) is 9.59 Å². The smallest absolute Gasteiger partial charge is 0.229 e. The molecular formula is C40H61N3O3. The predicted octanol–water partition coefficient (Wildman–Crippen LogP) is 8.80. The highest BCUT2D eigenvalue weighted by Gasteiger charge is 2.59. The highest BCUT2D eigenvalue weighted by atomic mass is 16.2. The highest BCUT2D eigenvalue weighted by molar-refractivity contribution is 6.09. The highest BCUT2D eigenvalue weighted by Crippen LogP contribution is 2.44. The second-order valence-corrected chi connectivity index (χ2v) is 14.3. The summed E-state index contributed by atoms with van der Waals surface area (Å²) in [6.07, 6.45) is 22.1. The summed E-state index contributed by atoms with van der Waals surface area (Å²) in [5.74, 6) is -0.239. The first-order chi connectivity index (χ1) is 22.3. The molecule has 46 heavy (non-hydrogen) atoms. The Bertz CT molecular complexity index is 1210.